The normalized spacial score (nSPS) is 9.82. The van der Waals surface area contributed by atoms with Gasteiger partial charge in [-0.05, 0) is 24.3 Å². The van der Waals surface area contributed by atoms with Crippen molar-refractivity contribution in [3.8, 4) is 0 Å². The van der Waals surface area contributed by atoms with Gasteiger partial charge in [0.15, 0.2) is 0 Å². The Bertz CT molecular complexity index is 745. The second kappa shape index (κ2) is 6.35. The fourth-order valence-electron chi connectivity index (χ4n) is 1.76. The van der Waals surface area contributed by atoms with Gasteiger partial charge in [-0.3, -0.25) is 20.2 Å². The van der Waals surface area contributed by atoms with Gasteiger partial charge in [0, 0.05) is 29.1 Å². The first-order valence-electron chi connectivity index (χ1n) is 6.11. The van der Waals surface area contributed by atoms with Crippen molar-refractivity contribution >= 4 is 29.1 Å². The molecule has 0 fully saturated rings. The lowest BCUT2D eigenvalue weighted by Gasteiger charge is -2.07. The minimum atomic E-state index is -1.22. The van der Waals surface area contributed by atoms with E-state index in [4.69, 9.17) is 5.11 Å². The van der Waals surface area contributed by atoms with Crippen molar-refractivity contribution in [2.24, 2.45) is 0 Å². The molecule has 0 aliphatic carbocycles. The Labute approximate surface area is 124 Å². The molecule has 2 aromatic carbocycles. The number of carbonyl (C=O) groups is 2. The van der Waals surface area contributed by atoms with E-state index in [-0.39, 0.29) is 11.3 Å². The van der Waals surface area contributed by atoms with Crippen molar-refractivity contribution in [1.82, 2.24) is 0 Å². The van der Waals surface area contributed by atoms with E-state index in [0.717, 1.165) is 6.07 Å². The quantitative estimate of drug-likeness (QED) is 0.592. The summed E-state index contributed by atoms with van der Waals surface area (Å²) in [7, 11) is 0. The molecule has 8 nitrogen and oxygen atoms in total. The summed E-state index contributed by atoms with van der Waals surface area (Å²) in [6, 6.07) is 11.4. The first kappa shape index (κ1) is 15.0. The summed E-state index contributed by atoms with van der Waals surface area (Å²) < 4.78 is 0. The van der Waals surface area contributed by atoms with Crippen LogP contribution in [0.3, 0.4) is 0 Å². The third-order valence-electron chi connectivity index (χ3n) is 2.69. The molecular weight excluding hydrogens is 290 g/mol. The van der Waals surface area contributed by atoms with Gasteiger partial charge in [-0.1, -0.05) is 12.1 Å². The number of benzene rings is 2. The second-order valence-electron chi connectivity index (χ2n) is 4.27. The highest BCUT2D eigenvalue weighted by Crippen LogP contribution is 2.18. The molecule has 0 radical (unpaired) electrons. The summed E-state index contributed by atoms with van der Waals surface area (Å²) in [6.07, 6.45) is -1.22. The van der Waals surface area contributed by atoms with Crippen molar-refractivity contribution in [3.05, 3.63) is 64.2 Å². The largest absolute Gasteiger partial charge is 0.465 e. The molecular formula is C14H11N3O5. The second-order valence-corrected chi connectivity index (χ2v) is 4.27. The number of hydrogen-bond donors (Lipinski definition) is 3. The van der Waals surface area contributed by atoms with E-state index < -0.39 is 16.9 Å². The molecule has 0 spiro atoms. The Morgan fingerprint density at radius 3 is 2.27 bits per heavy atom. The van der Waals surface area contributed by atoms with Gasteiger partial charge in [-0.25, -0.2) is 4.79 Å². The Morgan fingerprint density at radius 2 is 1.64 bits per heavy atom. The number of carboxylic acid groups (broad SMARTS) is 1. The van der Waals surface area contributed by atoms with Gasteiger partial charge in [0.05, 0.1) is 4.92 Å². The van der Waals surface area contributed by atoms with Gasteiger partial charge in [0.2, 0.25) is 0 Å². The Kier molecular flexibility index (Phi) is 4.33. The van der Waals surface area contributed by atoms with Crippen molar-refractivity contribution in [3.63, 3.8) is 0 Å². The zero-order chi connectivity index (χ0) is 16.1. The van der Waals surface area contributed by atoms with E-state index in [1.54, 1.807) is 12.1 Å². The van der Waals surface area contributed by atoms with Crippen LogP contribution in [0.15, 0.2) is 48.5 Å². The lowest BCUT2D eigenvalue weighted by atomic mass is 10.2. The number of amides is 2. The first-order valence-corrected chi connectivity index (χ1v) is 6.11. The first-order chi connectivity index (χ1) is 10.5. The molecule has 0 aromatic heterocycles. The molecule has 2 aromatic rings. The van der Waals surface area contributed by atoms with Gasteiger partial charge in [0.1, 0.15) is 0 Å². The molecule has 0 bridgehead atoms. The van der Waals surface area contributed by atoms with Crippen LogP contribution in [-0.4, -0.2) is 22.0 Å². The zero-order valence-corrected chi connectivity index (χ0v) is 11.1. The summed E-state index contributed by atoms with van der Waals surface area (Å²) in [6.45, 7) is 0. The minimum absolute atomic E-state index is 0.130. The van der Waals surface area contributed by atoms with E-state index in [9.17, 15) is 19.7 Å². The average Bonchev–Trinajstić information content (AvgIpc) is 2.47. The SMILES string of the molecule is O=C(O)Nc1cccc(NC(=O)c2cccc([N+](=O)[O-])c2)c1. The van der Waals surface area contributed by atoms with Gasteiger partial charge < -0.3 is 10.4 Å². The Balaban J connectivity index is 2.16. The third-order valence-corrected chi connectivity index (χ3v) is 2.69. The van der Waals surface area contributed by atoms with Gasteiger partial charge in [-0.15, -0.1) is 0 Å². The van der Waals surface area contributed by atoms with E-state index in [2.05, 4.69) is 10.6 Å². The van der Waals surface area contributed by atoms with E-state index in [1.807, 2.05) is 0 Å². The molecule has 0 atom stereocenters. The van der Waals surface area contributed by atoms with Crippen LogP contribution >= 0.6 is 0 Å². The number of rotatable bonds is 4. The number of hydrogen-bond acceptors (Lipinski definition) is 4. The number of nitro benzene ring substituents is 1. The van der Waals surface area contributed by atoms with Crippen LogP contribution in [-0.2, 0) is 0 Å². The van der Waals surface area contributed by atoms with Crippen LogP contribution < -0.4 is 10.6 Å². The number of nitrogens with one attached hydrogen (secondary N) is 2. The van der Waals surface area contributed by atoms with Gasteiger partial charge >= 0.3 is 6.09 Å². The van der Waals surface area contributed by atoms with Crippen LogP contribution in [0.5, 0.6) is 0 Å². The predicted octanol–water partition coefficient (Wildman–Crippen LogP) is 2.94. The molecule has 112 valence electrons. The molecule has 0 aliphatic rings. The van der Waals surface area contributed by atoms with Crippen molar-refractivity contribution in [2.45, 2.75) is 0 Å². The Morgan fingerprint density at radius 1 is 1.00 bits per heavy atom. The maximum Gasteiger partial charge on any atom is 0.409 e. The third kappa shape index (κ3) is 3.79. The number of non-ortho nitro benzene ring substituents is 1. The lowest BCUT2D eigenvalue weighted by Crippen LogP contribution is -2.13. The lowest BCUT2D eigenvalue weighted by molar-refractivity contribution is -0.384. The molecule has 2 amide bonds. The molecule has 22 heavy (non-hydrogen) atoms. The number of anilines is 2. The summed E-state index contributed by atoms with van der Waals surface area (Å²) in [4.78, 5) is 32.7. The highest BCUT2D eigenvalue weighted by atomic mass is 16.6. The smallest absolute Gasteiger partial charge is 0.409 e. The maximum atomic E-state index is 12.1. The predicted molar refractivity (Wildman–Crippen MR) is 79.1 cm³/mol. The molecule has 0 saturated heterocycles. The van der Waals surface area contributed by atoms with Crippen molar-refractivity contribution in [2.75, 3.05) is 10.6 Å². The highest BCUT2D eigenvalue weighted by molar-refractivity contribution is 6.05. The van der Waals surface area contributed by atoms with Crippen LogP contribution in [0.1, 0.15) is 10.4 Å². The van der Waals surface area contributed by atoms with E-state index in [0.29, 0.717) is 11.4 Å². The molecule has 2 rings (SSSR count). The van der Waals surface area contributed by atoms with E-state index >= 15 is 0 Å². The standard InChI is InChI=1S/C14H11N3O5/c18-13(9-3-1-6-12(7-9)17(21)22)15-10-4-2-5-11(8-10)16-14(19)20/h1-8,16H,(H,15,18)(H,19,20). The monoisotopic (exact) mass is 301 g/mol. The van der Waals surface area contributed by atoms with Crippen LogP contribution in [0.25, 0.3) is 0 Å². The fraction of sp³-hybridized carbons (Fsp3) is 0. The zero-order valence-electron chi connectivity index (χ0n) is 11.1. The maximum absolute atomic E-state index is 12.1. The Hall–Kier alpha value is -3.42. The topological polar surface area (TPSA) is 122 Å². The average molecular weight is 301 g/mol. The molecule has 0 heterocycles. The minimum Gasteiger partial charge on any atom is -0.465 e. The van der Waals surface area contributed by atoms with Gasteiger partial charge in [0.25, 0.3) is 11.6 Å². The van der Waals surface area contributed by atoms with Crippen molar-refractivity contribution < 1.29 is 19.6 Å². The van der Waals surface area contributed by atoms with Crippen LogP contribution in [0.4, 0.5) is 21.9 Å². The molecule has 0 saturated carbocycles. The van der Waals surface area contributed by atoms with E-state index in [1.165, 1.54) is 30.3 Å². The van der Waals surface area contributed by atoms with Crippen molar-refractivity contribution in [1.29, 1.82) is 0 Å². The molecule has 0 aliphatic heterocycles. The van der Waals surface area contributed by atoms with Crippen LogP contribution in [0, 0.1) is 10.1 Å². The number of nitrogens with zero attached hydrogens (tertiary/aromatic N) is 1. The summed E-state index contributed by atoms with van der Waals surface area (Å²) >= 11 is 0. The summed E-state index contributed by atoms with van der Waals surface area (Å²) in [5, 5.41) is 24.0. The van der Waals surface area contributed by atoms with Gasteiger partial charge in [-0.2, -0.15) is 0 Å². The summed E-state index contributed by atoms with van der Waals surface area (Å²) in [5.74, 6) is -0.531. The molecule has 8 heteroatoms. The molecule has 3 N–H and O–H groups in total. The fourth-order valence-corrected chi connectivity index (χ4v) is 1.76. The molecule has 0 unspecified atom stereocenters. The number of nitro groups is 1. The highest BCUT2D eigenvalue weighted by Gasteiger charge is 2.12. The van der Waals surface area contributed by atoms with Crippen LogP contribution in [0.2, 0.25) is 0 Å². The summed E-state index contributed by atoms with van der Waals surface area (Å²) in [5.41, 5.74) is 0.604. The number of carbonyl (C=O) groups excluding carboxylic acids is 1.